The molecule has 0 aliphatic heterocycles. The first-order valence-electron chi connectivity index (χ1n) is 6.19. The van der Waals surface area contributed by atoms with Gasteiger partial charge in [0, 0.05) is 17.7 Å². The van der Waals surface area contributed by atoms with Gasteiger partial charge in [0.05, 0.1) is 0 Å². The fourth-order valence-corrected chi connectivity index (χ4v) is 1.53. The van der Waals surface area contributed by atoms with Crippen molar-refractivity contribution >= 4 is 11.7 Å². The van der Waals surface area contributed by atoms with Gasteiger partial charge in [0.15, 0.2) is 5.84 Å². The van der Waals surface area contributed by atoms with Crippen LogP contribution in [0.3, 0.4) is 0 Å². The lowest BCUT2D eigenvalue weighted by molar-refractivity contribution is 0.0949. The molecule has 1 amide bonds. The Morgan fingerprint density at radius 2 is 2.00 bits per heavy atom. The molecule has 1 aromatic rings. The Balaban J connectivity index is 2.67. The van der Waals surface area contributed by atoms with Crippen LogP contribution in [0.2, 0.25) is 0 Å². The highest BCUT2D eigenvalue weighted by molar-refractivity contribution is 6.01. The molecular weight excluding hydrogens is 242 g/mol. The summed E-state index contributed by atoms with van der Waals surface area (Å²) in [5.41, 5.74) is 6.69. The molecule has 1 aromatic carbocycles. The Labute approximate surface area is 113 Å². The average molecular weight is 263 g/mol. The molecule has 0 unspecified atom stereocenters. The molecule has 19 heavy (non-hydrogen) atoms. The number of carbonyl (C=O) groups excluding carboxylic acids is 1. The molecule has 0 fully saturated rings. The van der Waals surface area contributed by atoms with Crippen LogP contribution in [0.1, 0.15) is 43.1 Å². The topological polar surface area (TPSA) is 87.7 Å². The van der Waals surface area contributed by atoms with E-state index in [1.807, 2.05) is 0 Å². The maximum absolute atomic E-state index is 11.9. The van der Waals surface area contributed by atoms with Crippen molar-refractivity contribution in [3.63, 3.8) is 0 Å². The van der Waals surface area contributed by atoms with E-state index in [9.17, 15) is 4.79 Å². The average Bonchev–Trinajstić information content (AvgIpc) is 2.36. The first-order valence-corrected chi connectivity index (χ1v) is 6.19. The number of amides is 1. The van der Waals surface area contributed by atoms with Crippen molar-refractivity contribution in [3.8, 4) is 0 Å². The normalized spacial score (nSPS) is 12.3. The first kappa shape index (κ1) is 15.0. The number of nitrogens with two attached hydrogens (primary N) is 1. The van der Waals surface area contributed by atoms with E-state index in [0.29, 0.717) is 17.7 Å². The van der Waals surface area contributed by atoms with Gasteiger partial charge in [0.2, 0.25) is 0 Å². The third-order valence-corrected chi connectivity index (χ3v) is 2.69. The zero-order valence-corrected chi connectivity index (χ0v) is 11.6. The number of benzene rings is 1. The minimum Gasteiger partial charge on any atom is -0.409 e. The molecule has 0 radical (unpaired) electrons. The van der Waals surface area contributed by atoms with E-state index in [2.05, 4.69) is 31.2 Å². The SMILES string of the molecule is CC(C)(C)CCNC(=O)c1cccc(/C(N)=N/O)c1. The van der Waals surface area contributed by atoms with Gasteiger partial charge in [-0.15, -0.1) is 0 Å². The summed E-state index contributed by atoms with van der Waals surface area (Å²) >= 11 is 0. The van der Waals surface area contributed by atoms with Crippen LogP contribution in [0, 0.1) is 5.41 Å². The van der Waals surface area contributed by atoms with Gasteiger partial charge < -0.3 is 16.3 Å². The van der Waals surface area contributed by atoms with Crippen LogP contribution in [0.4, 0.5) is 0 Å². The molecule has 0 heterocycles. The van der Waals surface area contributed by atoms with Crippen molar-refractivity contribution in [1.82, 2.24) is 5.32 Å². The zero-order valence-electron chi connectivity index (χ0n) is 11.6. The van der Waals surface area contributed by atoms with Crippen LogP contribution in [0.25, 0.3) is 0 Å². The Morgan fingerprint density at radius 1 is 1.37 bits per heavy atom. The highest BCUT2D eigenvalue weighted by Gasteiger charge is 2.12. The maximum atomic E-state index is 11.9. The monoisotopic (exact) mass is 263 g/mol. The summed E-state index contributed by atoms with van der Waals surface area (Å²) in [6, 6.07) is 6.68. The van der Waals surface area contributed by atoms with Crippen molar-refractivity contribution < 1.29 is 10.0 Å². The number of carbonyl (C=O) groups is 1. The summed E-state index contributed by atoms with van der Waals surface area (Å²) in [5.74, 6) is -0.166. The minimum atomic E-state index is -0.156. The highest BCUT2D eigenvalue weighted by atomic mass is 16.4. The Kier molecular flexibility index (Phi) is 4.92. The molecule has 0 aliphatic rings. The lowest BCUT2D eigenvalue weighted by Gasteiger charge is -2.18. The van der Waals surface area contributed by atoms with Crippen LogP contribution in [-0.2, 0) is 0 Å². The second kappa shape index (κ2) is 6.22. The number of rotatable bonds is 4. The van der Waals surface area contributed by atoms with E-state index in [-0.39, 0.29) is 17.2 Å². The predicted molar refractivity (Wildman–Crippen MR) is 75.4 cm³/mol. The molecule has 0 aromatic heterocycles. The van der Waals surface area contributed by atoms with Crippen LogP contribution in [-0.4, -0.2) is 23.5 Å². The molecule has 5 heteroatoms. The molecule has 1 rings (SSSR count). The van der Waals surface area contributed by atoms with E-state index in [4.69, 9.17) is 10.9 Å². The van der Waals surface area contributed by atoms with Gasteiger partial charge in [0.25, 0.3) is 5.91 Å². The lowest BCUT2D eigenvalue weighted by atomic mass is 9.92. The van der Waals surface area contributed by atoms with E-state index in [1.54, 1.807) is 24.3 Å². The van der Waals surface area contributed by atoms with Gasteiger partial charge in [-0.1, -0.05) is 38.1 Å². The van der Waals surface area contributed by atoms with E-state index in [1.165, 1.54) is 0 Å². The van der Waals surface area contributed by atoms with Gasteiger partial charge >= 0.3 is 0 Å². The Morgan fingerprint density at radius 3 is 2.58 bits per heavy atom. The zero-order chi connectivity index (χ0) is 14.5. The third kappa shape index (κ3) is 4.99. The molecular formula is C14H21N3O2. The fraction of sp³-hybridized carbons (Fsp3) is 0.429. The maximum Gasteiger partial charge on any atom is 0.251 e. The van der Waals surface area contributed by atoms with Crippen molar-refractivity contribution in [2.75, 3.05) is 6.54 Å². The Hall–Kier alpha value is -2.04. The molecule has 0 saturated carbocycles. The number of nitrogens with one attached hydrogen (secondary N) is 1. The second-order valence-corrected chi connectivity index (χ2v) is 5.63. The smallest absolute Gasteiger partial charge is 0.251 e. The predicted octanol–water partition coefficient (Wildman–Crippen LogP) is 1.95. The van der Waals surface area contributed by atoms with Crippen molar-refractivity contribution in [2.24, 2.45) is 16.3 Å². The molecule has 4 N–H and O–H groups in total. The van der Waals surface area contributed by atoms with E-state index < -0.39 is 0 Å². The molecule has 5 nitrogen and oxygen atoms in total. The van der Waals surface area contributed by atoms with Gasteiger partial charge in [-0.25, -0.2) is 0 Å². The summed E-state index contributed by atoms with van der Waals surface area (Å²) in [6.45, 7) is 6.99. The number of amidine groups is 1. The fourth-order valence-electron chi connectivity index (χ4n) is 1.53. The van der Waals surface area contributed by atoms with Crippen LogP contribution >= 0.6 is 0 Å². The second-order valence-electron chi connectivity index (χ2n) is 5.63. The first-order chi connectivity index (χ1) is 8.83. The summed E-state index contributed by atoms with van der Waals surface area (Å²) in [7, 11) is 0. The number of nitrogens with zero attached hydrogens (tertiary/aromatic N) is 1. The Bertz CT molecular complexity index is 476. The molecule has 0 aliphatic carbocycles. The number of hydrogen-bond acceptors (Lipinski definition) is 3. The number of hydrogen-bond donors (Lipinski definition) is 3. The van der Waals surface area contributed by atoms with Gasteiger partial charge in [-0.3, -0.25) is 4.79 Å². The van der Waals surface area contributed by atoms with Gasteiger partial charge in [-0.05, 0) is 24.0 Å². The number of oxime groups is 1. The van der Waals surface area contributed by atoms with Crippen LogP contribution < -0.4 is 11.1 Å². The van der Waals surface area contributed by atoms with Crippen LogP contribution in [0.15, 0.2) is 29.4 Å². The van der Waals surface area contributed by atoms with Gasteiger partial charge in [0.1, 0.15) is 0 Å². The molecule has 0 bridgehead atoms. The molecule has 0 atom stereocenters. The standard InChI is InChI=1S/C14H21N3O2/c1-14(2,3)7-8-16-13(18)11-6-4-5-10(9-11)12(15)17-19/h4-6,9,19H,7-8H2,1-3H3,(H2,15,17)(H,16,18). The van der Waals surface area contributed by atoms with Crippen LogP contribution in [0.5, 0.6) is 0 Å². The summed E-state index contributed by atoms with van der Waals surface area (Å²) in [4.78, 5) is 11.9. The van der Waals surface area contributed by atoms with Crippen molar-refractivity contribution in [2.45, 2.75) is 27.2 Å². The summed E-state index contributed by atoms with van der Waals surface area (Å²) in [5, 5.41) is 14.4. The van der Waals surface area contributed by atoms with Crippen molar-refractivity contribution in [3.05, 3.63) is 35.4 Å². The minimum absolute atomic E-state index is 0.00987. The van der Waals surface area contributed by atoms with Gasteiger partial charge in [-0.2, -0.15) is 0 Å². The molecule has 0 spiro atoms. The summed E-state index contributed by atoms with van der Waals surface area (Å²) < 4.78 is 0. The quantitative estimate of drug-likeness (QED) is 0.336. The highest BCUT2D eigenvalue weighted by Crippen LogP contribution is 2.17. The van der Waals surface area contributed by atoms with Crippen molar-refractivity contribution in [1.29, 1.82) is 0 Å². The lowest BCUT2D eigenvalue weighted by Crippen LogP contribution is -2.27. The largest absolute Gasteiger partial charge is 0.409 e. The van der Waals surface area contributed by atoms with E-state index >= 15 is 0 Å². The molecule has 0 saturated heterocycles. The van der Waals surface area contributed by atoms with E-state index in [0.717, 1.165) is 6.42 Å². The summed E-state index contributed by atoms with van der Waals surface area (Å²) in [6.07, 6.45) is 0.901. The third-order valence-electron chi connectivity index (χ3n) is 2.69. The molecule has 104 valence electrons.